The van der Waals surface area contributed by atoms with Crippen LogP contribution < -0.4 is 15.1 Å². The molecule has 0 radical (unpaired) electrons. The monoisotopic (exact) mass is 580 g/mol. The molecule has 42 heavy (non-hydrogen) atoms. The van der Waals surface area contributed by atoms with Gasteiger partial charge in [0.2, 0.25) is 5.76 Å². The molecular formula is C33H22ClFN2O5. The third-order valence-corrected chi connectivity index (χ3v) is 8.35. The molecule has 2 aliphatic heterocycles. The predicted molar refractivity (Wildman–Crippen MR) is 155 cm³/mol. The number of anilines is 1. The van der Waals surface area contributed by atoms with Crippen molar-refractivity contribution in [2.45, 2.75) is 18.6 Å². The Morgan fingerprint density at radius 2 is 1.64 bits per heavy atom. The molecule has 0 saturated carbocycles. The van der Waals surface area contributed by atoms with Crippen molar-refractivity contribution >= 4 is 40.1 Å². The normalized spacial score (nSPS) is 17.3. The molecule has 9 heteroatoms. The topological polar surface area (TPSA) is 80.1 Å². The fraction of sp³-hybridized carbons (Fsp3) is 0.121. The van der Waals surface area contributed by atoms with Gasteiger partial charge in [-0.2, -0.15) is 0 Å². The minimum absolute atomic E-state index is 0.0167. The van der Waals surface area contributed by atoms with Gasteiger partial charge in [0.15, 0.2) is 11.0 Å². The van der Waals surface area contributed by atoms with Crippen LogP contribution in [0.1, 0.15) is 32.8 Å². The molecule has 1 aromatic heterocycles. The van der Waals surface area contributed by atoms with E-state index >= 15 is 0 Å². The molecule has 1 atom stereocenters. The molecule has 1 unspecified atom stereocenters. The van der Waals surface area contributed by atoms with Crippen molar-refractivity contribution in [2.24, 2.45) is 0 Å². The van der Waals surface area contributed by atoms with E-state index in [0.29, 0.717) is 33.1 Å². The highest BCUT2D eigenvalue weighted by Crippen LogP contribution is 2.53. The Morgan fingerprint density at radius 3 is 2.40 bits per heavy atom. The predicted octanol–water partition coefficient (Wildman–Crippen LogP) is 6.04. The van der Waals surface area contributed by atoms with Crippen LogP contribution in [0.2, 0.25) is 5.02 Å². The fourth-order valence-corrected chi connectivity index (χ4v) is 6.25. The molecule has 0 saturated heterocycles. The molecule has 0 fully saturated rings. The fourth-order valence-electron chi connectivity index (χ4n) is 6.05. The molecule has 7 rings (SSSR count). The maximum Gasteiger partial charge on any atom is 0.291 e. The lowest BCUT2D eigenvalue weighted by atomic mass is 9.83. The van der Waals surface area contributed by atoms with Gasteiger partial charge >= 0.3 is 0 Å². The van der Waals surface area contributed by atoms with Crippen molar-refractivity contribution in [3.05, 3.63) is 140 Å². The largest absolute Gasteiger partial charge is 0.497 e. The van der Waals surface area contributed by atoms with Crippen molar-refractivity contribution in [2.75, 3.05) is 12.0 Å². The van der Waals surface area contributed by atoms with Crippen LogP contribution in [0.15, 0.2) is 100 Å². The second-order valence-electron chi connectivity index (χ2n) is 10.2. The maximum atomic E-state index is 14.9. The number of ether oxygens (including phenoxy) is 1. The van der Waals surface area contributed by atoms with Gasteiger partial charge < -0.3 is 19.0 Å². The first-order chi connectivity index (χ1) is 20.3. The van der Waals surface area contributed by atoms with Gasteiger partial charge in [0.1, 0.15) is 17.1 Å². The summed E-state index contributed by atoms with van der Waals surface area (Å²) < 4.78 is 25.6. The Hall–Kier alpha value is -4.95. The van der Waals surface area contributed by atoms with E-state index in [1.807, 2.05) is 12.1 Å². The molecule has 5 aromatic rings. The van der Waals surface area contributed by atoms with E-state index < -0.39 is 28.6 Å². The number of hydrogen-bond donors (Lipinski definition) is 0. The number of fused-ring (bicyclic) bond motifs is 5. The molecule has 208 valence electrons. The van der Waals surface area contributed by atoms with E-state index in [2.05, 4.69) is 0 Å². The molecule has 3 heterocycles. The average Bonchev–Trinajstić information content (AvgIpc) is 3.39. The first-order valence-corrected chi connectivity index (χ1v) is 13.6. The minimum atomic E-state index is -1.86. The van der Waals surface area contributed by atoms with Crippen molar-refractivity contribution in [3.63, 3.8) is 0 Å². The zero-order chi connectivity index (χ0) is 29.2. The van der Waals surface area contributed by atoms with Crippen LogP contribution in [0.3, 0.4) is 0 Å². The highest BCUT2D eigenvalue weighted by Gasteiger charge is 2.65. The van der Waals surface area contributed by atoms with Crippen LogP contribution in [0.4, 0.5) is 10.1 Å². The lowest BCUT2D eigenvalue weighted by molar-refractivity contribution is -0.126. The summed E-state index contributed by atoms with van der Waals surface area (Å²) in [5.74, 6) is -1.38. The summed E-state index contributed by atoms with van der Waals surface area (Å²) in [6.45, 7) is 0.0852. The molecule has 2 aliphatic rings. The molecule has 0 N–H and O–H groups in total. The van der Waals surface area contributed by atoms with Crippen molar-refractivity contribution < 1.29 is 23.1 Å². The number of benzene rings is 4. The van der Waals surface area contributed by atoms with Crippen molar-refractivity contribution in [3.8, 4) is 5.75 Å². The summed E-state index contributed by atoms with van der Waals surface area (Å²) in [7, 11) is 1.55. The average molecular weight is 581 g/mol. The lowest BCUT2D eigenvalue weighted by Crippen LogP contribution is -2.52. The van der Waals surface area contributed by atoms with E-state index in [4.69, 9.17) is 20.8 Å². The second-order valence-corrected chi connectivity index (χ2v) is 10.6. The molecule has 0 bridgehead atoms. The van der Waals surface area contributed by atoms with E-state index in [9.17, 15) is 18.8 Å². The number of nitrogens with zero attached hydrogens (tertiary/aromatic N) is 2. The van der Waals surface area contributed by atoms with Gasteiger partial charge in [-0.25, -0.2) is 4.39 Å². The summed E-state index contributed by atoms with van der Waals surface area (Å²) in [5, 5.41) is 0.421. The van der Waals surface area contributed by atoms with E-state index in [1.165, 1.54) is 15.9 Å². The molecule has 1 spiro atoms. The Labute approximate surface area is 244 Å². The van der Waals surface area contributed by atoms with Gasteiger partial charge in [0.05, 0.1) is 30.3 Å². The Bertz CT molecular complexity index is 1990. The van der Waals surface area contributed by atoms with E-state index in [-0.39, 0.29) is 35.4 Å². The standard InChI is InChI=1S/C33H22ClFN2O5/c1-41-22-13-10-19(11-14-22)17-37-31(39)30-28(29(38)23-16-21(35)12-15-27(23)42-30)33(37)24-7-3-5-9-26(24)36(32(33)40)18-20-6-2-4-8-25(20)34/h2-16H,17-18H2,1H3. The summed E-state index contributed by atoms with van der Waals surface area (Å²) in [6, 6.07) is 24.8. The Morgan fingerprint density at radius 1 is 0.905 bits per heavy atom. The van der Waals surface area contributed by atoms with E-state index in [0.717, 1.165) is 12.1 Å². The van der Waals surface area contributed by atoms with Gasteiger partial charge in [-0.05, 0) is 53.6 Å². The number of amides is 2. The number of halogens is 2. The summed E-state index contributed by atoms with van der Waals surface area (Å²) in [6.07, 6.45) is 0. The SMILES string of the molecule is COc1ccc(CN2C(=O)c3oc4ccc(F)cc4c(=O)c3C23C(=O)N(Cc2ccccc2Cl)c2ccccc23)cc1. The van der Waals surface area contributed by atoms with Crippen LogP contribution in [0.25, 0.3) is 11.0 Å². The van der Waals surface area contributed by atoms with Crippen LogP contribution >= 0.6 is 11.6 Å². The van der Waals surface area contributed by atoms with E-state index in [1.54, 1.807) is 67.8 Å². The molecule has 0 aliphatic carbocycles. The third kappa shape index (κ3) is 3.61. The smallest absolute Gasteiger partial charge is 0.291 e. The van der Waals surface area contributed by atoms with Crippen LogP contribution in [0, 0.1) is 5.82 Å². The molecular weight excluding hydrogens is 559 g/mol. The summed E-state index contributed by atoms with van der Waals surface area (Å²) in [4.78, 5) is 46.2. The molecule has 2 amide bonds. The molecule has 4 aromatic carbocycles. The lowest BCUT2D eigenvalue weighted by Gasteiger charge is -2.34. The number of methoxy groups -OCH3 is 1. The second kappa shape index (κ2) is 9.56. The number of para-hydroxylation sites is 1. The van der Waals surface area contributed by atoms with Crippen LogP contribution in [0.5, 0.6) is 5.75 Å². The first kappa shape index (κ1) is 26.0. The zero-order valence-corrected chi connectivity index (χ0v) is 23.0. The Balaban J connectivity index is 1.50. The Kier molecular flexibility index (Phi) is 5.92. The summed E-state index contributed by atoms with van der Waals surface area (Å²) in [5.41, 5.74) is -0.190. The number of rotatable bonds is 5. The highest BCUT2D eigenvalue weighted by atomic mass is 35.5. The van der Waals surface area contributed by atoms with Crippen molar-refractivity contribution in [1.82, 2.24) is 4.90 Å². The van der Waals surface area contributed by atoms with Crippen LogP contribution in [-0.2, 0) is 23.4 Å². The minimum Gasteiger partial charge on any atom is -0.497 e. The number of carbonyl (C=O) groups excluding carboxylic acids is 2. The van der Waals surface area contributed by atoms with Gasteiger partial charge in [-0.3, -0.25) is 14.4 Å². The quantitative estimate of drug-likeness (QED) is 0.253. The van der Waals surface area contributed by atoms with Gasteiger partial charge in [-0.15, -0.1) is 0 Å². The van der Waals surface area contributed by atoms with Gasteiger partial charge in [0, 0.05) is 17.1 Å². The van der Waals surface area contributed by atoms with Gasteiger partial charge in [0.25, 0.3) is 11.8 Å². The van der Waals surface area contributed by atoms with Crippen LogP contribution in [-0.4, -0.2) is 23.8 Å². The van der Waals surface area contributed by atoms with Gasteiger partial charge in [-0.1, -0.05) is 60.1 Å². The first-order valence-electron chi connectivity index (χ1n) is 13.2. The number of carbonyl (C=O) groups is 2. The number of hydrogen-bond acceptors (Lipinski definition) is 5. The maximum absolute atomic E-state index is 14.9. The summed E-state index contributed by atoms with van der Waals surface area (Å²) >= 11 is 6.49. The highest BCUT2D eigenvalue weighted by molar-refractivity contribution is 6.31. The third-order valence-electron chi connectivity index (χ3n) is 7.98. The molecule has 7 nitrogen and oxygen atoms in total. The zero-order valence-electron chi connectivity index (χ0n) is 22.3. The van der Waals surface area contributed by atoms with Crippen molar-refractivity contribution in [1.29, 1.82) is 0 Å².